The summed E-state index contributed by atoms with van der Waals surface area (Å²) in [7, 11) is 0. The van der Waals surface area contributed by atoms with Crippen LogP contribution in [-0.2, 0) is 11.2 Å². The zero-order valence-corrected chi connectivity index (χ0v) is 9.16. The molecule has 0 bridgehead atoms. The number of benzene rings is 1. The Balaban J connectivity index is 2.47. The van der Waals surface area contributed by atoms with Gasteiger partial charge in [0.05, 0.1) is 5.92 Å². The molecule has 0 aliphatic heterocycles. The van der Waals surface area contributed by atoms with Gasteiger partial charge in [-0.3, -0.25) is 4.79 Å². The number of carboxylic acid groups (broad SMARTS) is 1. The lowest BCUT2D eigenvalue weighted by Crippen LogP contribution is -2.08. The molecular weight excluding hydrogens is 188 g/mol. The van der Waals surface area contributed by atoms with Crippen molar-refractivity contribution in [2.75, 3.05) is 0 Å². The lowest BCUT2D eigenvalue weighted by Gasteiger charge is -2.07. The van der Waals surface area contributed by atoms with Crippen LogP contribution >= 0.6 is 0 Å². The second-order valence-electron chi connectivity index (χ2n) is 4.34. The van der Waals surface area contributed by atoms with Gasteiger partial charge in [0.1, 0.15) is 0 Å². The van der Waals surface area contributed by atoms with E-state index in [1.165, 1.54) is 11.1 Å². The summed E-state index contributed by atoms with van der Waals surface area (Å²) in [6.45, 7) is 4.20. The maximum Gasteiger partial charge on any atom is 0.311 e. The number of carbonyl (C=O) groups is 1. The molecule has 2 atom stereocenters. The molecular formula is C13H16O2. The Labute approximate surface area is 89.9 Å². The number of aryl methyl sites for hydroxylation is 1. The summed E-state index contributed by atoms with van der Waals surface area (Å²) >= 11 is 0. The molecule has 2 unspecified atom stereocenters. The molecule has 2 rings (SSSR count). The van der Waals surface area contributed by atoms with Gasteiger partial charge in [-0.25, -0.2) is 0 Å². The molecule has 1 aliphatic carbocycles. The van der Waals surface area contributed by atoms with Crippen molar-refractivity contribution in [3.63, 3.8) is 0 Å². The summed E-state index contributed by atoms with van der Waals surface area (Å²) in [6, 6.07) is 6.28. The summed E-state index contributed by atoms with van der Waals surface area (Å²) in [5.41, 5.74) is 3.49. The number of fused-ring (bicyclic) bond motifs is 1. The van der Waals surface area contributed by atoms with Crippen molar-refractivity contribution in [3.8, 4) is 0 Å². The van der Waals surface area contributed by atoms with E-state index in [1.807, 2.05) is 0 Å². The van der Waals surface area contributed by atoms with Crippen molar-refractivity contribution >= 4 is 5.97 Å². The smallest absolute Gasteiger partial charge is 0.311 e. The number of aliphatic carboxylic acids is 1. The van der Waals surface area contributed by atoms with Gasteiger partial charge in [0.15, 0.2) is 0 Å². The Kier molecular flexibility index (Phi) is 2.51. The van der Waals surface area contributed by atoms with Crippen LogP contribution in [0.1, 0.15) is 48.8 Å². The standard InChI is InChI=1S/C13H16O2/c1-3-9-4-5-10-8(2)6-12(13(14)15)11(10)7-9/h4-5,7-8,12H,3,6H2,1-2H3,(H,14,15). The Morgan fingerprint density at radius 3 is 2.80 bits per heavy atom. The van der Waals surface area contributed by atoms with Crippen molar-refractivity contribution < 1.29 is 9.90 Å². The Morgan fingerprint density at radius 1 is 1.47 bits per heavy atom. The molecule has 1 N–H and O–H groups in total. The van der Waals surface area contributed by atoms with Crippen molar-refractivity contribution in [1.82, 2.24) is 0 Å². The molecule has 0 spiro atoms. The zero-order chi connectivity index (χ0) is 11.0. The highest BCUT2D eigenvalue weighted by Crippen LogP contribution is 2.41. The first kappa shape index (κ1) is 10.2. The molecule has 0 aromatic heterocycles. The molecule has 2 nitrogen and oxygen atoms in total. The lowest BCUT2D eigenvalue weighted by atomic mass is 9.98. The minimum Gasteiger partial charge on any atom is -0.481 e. The average Bonchev–Trinajstić information content (AvgIpc) is 2.56. The molecule has 1 aromatic carbocycles. The molecule has 2 heteroatoms. The van der Waals surface area contributed by atoms with Crippen molar-refractivity contribution in [3.05, 3.63) is 34.9 Å². The van der Waals surface area contributed by atoms with E-state index in [4.69, 9.17) is 5.11 Å². The summed E-state index contributed by atoms with van der Waals surface area (Å²) in [4.78, 5) is 11.1. The molecule has 0 saturated carbocycles. The molecule has 80 valence electrons. The van der Waals surface area contributed by atoms with E-state index >= 15 is 0 Å². The SMILES string of the molecule is CCc1ccc2c(c1)C(C(=O)O)CC2C. The minimum absolute atomic E-state index is 0.290. The van der Waals surface area contributed by atoms with Gasteiger partial charge in [0, 0.05) is 0 Å². The zero-order valence-electron chi connectivity index (χ0n) is 9.16. The van der Waals surface area contributed by atoms with Crippen LogP contribution in [0.15, 0.2) is 18.2 Å². The average molecular weight is 204 g/mol. The maximum absolute atomic E-state index is 11.1. The predicted octanol–water partition coefficient (Wildman–Crippen LogP) is 2.92. The Bertz CT molecular complexity index is 396. The van der Waals surface area contributed by atoms with Crippen molar-refractivity contribution in [2.45, 2.75) is 38.5 Å². The largest absolute Gasteiger partial charge is 0.481 e. The molecule has 15 heavy (non-hydrogen) atoms. The van der Waals surface area contributed by atoms with Crippen LogP contribution in [0.3, 0.4) is 0 Å². The van der Waals surface area contributed by atoms with E-state index in [1.54, 1.807) is 0 Å². The summed E-state index contributed by atoms with van der Waals surface area (Å²) in [6.07, 6.45) is 1.71. The topological polar surface area (TPSA) is 37.3 Å². The Hall–Kier alpha value is -1.31. The van der Waals surface area contributed by atoms with Gasteiger partial charge in [-0.05, 0) is 35.4 Å². The predicted molar refractivity (Wildman–Crippen MR) is 59.2 cm³/mol. The quantitative estimate of drug-likeness (QED) is 0.804. The van der Waals surface area contributed by atoms with E-state index in [-0.39, 0.29) is 5.92 Å². The first-order valence-electron chi connectivity index (χ1n) is 5.49. The molecule has 1 aliphatic rings. The molecule has 1 aromatic rings. The van der Waals surface area contributed by atoms with Crippen LogP contribution in [0.5, 0.6) is 0 Å². The number of rotatable bonds is 2. The minimum atomic E-state index is -0.686. The van der Waals surface area contributed by atoms with Crippen LogP contribution in [0.25, 0.3) is 0 Å². The van der Waals surface area contributed by atoms with Crippen LogP contribution in [0, 0.1) is 0 Å². The van der Waals surface area contributed by atoms with Gasteiger partial charge in [-0.1, -0.05) is 32.0 Å². The van der Waals surface area contributed by atoms with Crippen LogP contribution < -0.4 is 0 Å². The van der Waals surface area contributed by atoms with Crippen molar-refractivity contribution in [1.29, 1.82) is 0 Å². The Morgan fingerprint density at radius 2 is 2.20 bits per heavy atom. The molecule has 0 heterocycles. The van der Waals surface area contributed by atoms with Crippen molar-refractivity contribution in [2.24, 2.45) is 0 Å². The van der Waals surface area contributed by atoms with Gasteiger partial charge >= 0.3 is 5.97 Å². The van der Waals surface area contributed by atoms with E-state index in [0.29, 0.717) is 5.92 Å². The van der Waals surface area contributed by atoms with Crippen LogP contribution in [-0.4, -0.2) is 11.1 Å². The van der Waals surface area contributed by atoms with Crippen LogP contribution in [0.2, 0.25) is 0 Å². The molecule has 0 radical (unpaired) electrons. The fraction of sp³-hybridized carbons (Fsp3) is 0.462. The fourth-order valence-electron chi connectivity index (χ4n) is 2.44. The highest BCUT2D eigenvalue weighted by molar-refractivity contribution is 5.78. The second kappa shape index (κ2) is 3.69. The molecule has 0 saturated heterocycles. The normalized spacial score (nSPS) is 23.9. The highest BCUT2D eigenvalue weighted by Gasteiger charge is 2.32. The van der Waals surface area contributed by atoms with Gasteiger partial charge < -0.3 is 5.11 Å². The number of hydrogen-bond acceptors (Lipinski definition) is 1. The maximum atomic E-state index is 11.1. The number of carboxylic acids is 1. The third-order valence-electron chi connectivity index (χ3n) is 3.35. The third kappa shape index (κ3) is 1.65. The first-order valence-corrected chi connectivity index (χ1v) is 5.49. The van der Waals surface area contributed by atoms with E-state index in [2.05, 4.69) is 32.0 Å². The summed E-state index contributed by atoms with van der Waals surface area (Å²) in [5.74, 6) is -0.595. The monoisotopic (exact) mass is 204 g/mol. The molecule has 0 amide bonds. The van der Waals surface area contributed by atoms with E-state index in [0.717, 1.165) is 18.4 Å². The summed E-state index contributed by atoms with van der Waals surface area (Å²) < 4.78 is 0. The second-order valence-corrected chi connectivity index (χ2v) is 4.34. The number of hydrogen-bond donors (Lipinski definition) is 1. The van der Waals surface area contributed by atoms with Gasteiger partial charge in [-0.2, -0.15) is 0 Å². The molecule has 0 fully saturated rings. The van der Waals surface area contributed by atoms with E-state index < -0.39 is 5.97 Å². The van der Waals surface area contributed by atoms with Gasteiger partial charge in [-0.15, -0.1) is 0 Å². The fourth-order valence-corrected chi connectivity index (χ4v) is 2.44. The van der Waals surface area contributed by atoms with E-state index in [9.17, 15) is 4.79 Å². The highest BCUT2D eigenvalue weighted by atomic mass is 16.4. The van der Waals surface area contributed by atoms with Gasteiger partial charge in [0.25, 0.3) is 0 Å². The first-order chi connectivity index (χ1) is 7.13. The lowest BCUT2D eigenvalue weighted by molar-refractivity contribution is -0.138. The van der Waals surface area contributed by atoms with Gasteiger partial charge in [0.2, 0.25) is 0 Å². The van der Waals surface area contributed by atoms with Crippen LogP contribution in [0.4, 0.5) is 0 Å². The third-order valence-corrected chi connectivity index (χ3v) is 3.35. The summed E-state index contributed by atoms with van der Waals surface area (Å²) in [5, 5.41) is 9.14.